The van der Waals surface area contributed by atoms with Gasteiger partial charge in [-0.25, -0.2) is 9.97 Å². The van der Waals surface area contributed by atoms with Crippen LogP contribution >= 0.6 is 0 Å². The molecule has 2 aromatic carbocycles. The van der Waals surface area contributed by atoms with E-state index in [0.717, 1.165) is 40.7 Å². The van der Waals surface area contributed by atoms with E-state index in [-0.39, 0.29) is 17.8 Å². The summed E-state index contributed by atoms with van der Waals surface area (Å²) in [5.41, 5.74) is 4.19. The van der Waals surface area contributed by atoms with E-state index >= 15 is 0 Å². The summed E-state index contributed by atoms with van der Waals surface area (Å²) >= 11 is 0. The molecule has 2 N–H and O–H groups in total. The van der Waals surface area contributed by atoms with Crippen molar-refractivity contribution >= 4 is 28.4 Å². The summed E-state index contributed by atoms with van der Waals surface area (Å²) in [6.07, 6.45) is 3.54. The number of fused-ring (bicyclic) bond motifs is 1. The van der Waals surface area contributed by atoms with E-state index in [0.29, 0.717) is 18.0 Å². The molecule has 0 saturated carbocycles. The minimum Gasteiger partial charge on any atom is -0.459 e. The maximum atomic E-state index is 12.3. The minimum absolute atomic E-state index is 0.178. The van der Waals surface area contributed by atoms with Crippen molar-refractivity contribution in [3.8, 4) is 22.6 Å². The molecule has 35 heavy (non-hydrogen) atoms. The maximum Gasteiger partial charge on any atom is 0.293 e. The van der Waals surface area contributed by atoms with Gasteiger partial charge in [0.15, 0.2) is 11.5 Å². The van der Waals surface area contributed by atoms with E-state index in [9.17, 15) is 9.90 Å². The number of anilines is 2. The average molecular weight is 467 g/mol. The van der Waals surface area contributed by atoms with Crippen LogP contribution in [0.15, 0.2) is 82.1 Å². The molecule has 9 heteroatoms. The zero-order chi connectivity index (χ0) is 23.8. The van der Waals surface area contributed by atoms with Crippen molar-refractivity contribution in [2.45, 2.75) is 12.5 Å². The predicted octanol–water partition coefficient (Wildman–Crippen LogP) is 4.37. The third kappa shape index (κ3) is 4.13. The van der Waals surface area contributed by atoms with Crippen molar-refractivity contribution in [3.63, 3.8) is 0 Å². The fourth-order valence-corrected chi connectivity index (χ4v) is 4.26. The molecule has 0 aliphatic carbocycles. The molecule has 0 spiro atoms. The van der Waals surface area contributed by atoms with E-state index in [1.54, 1.807) is 24.4 Å². The van der Waals surface area contributed by atoms with Gasteiger partial charge < -0.3 is 18.9 Å². The summed E-state index contributed by atoms with van der Waals surface area (Å²) in [5, 5.41) is 17.5. The predicted molar refractivity (Wildman–Crippen MR) is 130 cm³/mol. The van der Waals surface area contributed by atoms with E-state index in [4.69, 9.17) is 8.94 Å². The average Bonchev–Trinajstić information content (AvgIpc) is 3.65. The number of furan rings is 1. The first kappa shape index (κ1) is 21.1. The third-order valence-corrected chi connectivity index (χ3v) is 6.06. The zero-order valence-electron chi connectivity index (χ0n) is 18.6. The van der Waals surface area contributed by atoms with Gasteiger partial charge in [-0.2, -0.15) is 0 Å². The number of hydrogen-bond donors (Lipinski definition) is 2. The van der Waals surface area contributed by atoms with Crippen LogP contribution in [0.5, 0.6) is 0 Å². The van der Waals surface area contributed by atoms with Gasteiger partial charge in [-0.3, -0.25) is 10.1 Å². The molecule has 4 heterocycles. The van der Waals surface area contributed by atoms with Gasteiger partial charge >= 0.3 is 0 Å². The Morgan fingerprint density at radius 2 is 1.94 bits per heavy atom. The monoisotopic (exact) mass is 467 g/mol. The lowest BCUT2D eigenvalue weighted by Gasteiger charge is -2.17. The highest BCUT2D eigenvalue weighted by Crippen LogP contribution is 2.33. The number of amides is 1. The number of aromatic nitrogens is 3. The number of carbonyl (C=O) groups excluding carboxylic acids is 1. The normalized spacial score (nSPS) is 15.6. The van der Waals surface area contributed by atoms with Gasteiger partial charge in [-0.05, 0) is 61.0 Å². The second-order valence-corrected chi connectivity index (χ2v) is 8.38. The third-order valence-electron chi connectivity index (χ3n) is 6.06. The van der Waals surface area contributed by atoms with Gasteiger partial charge in [0.2, 0.25) is 5.95 Å². The molecular weight excluding hydrogens is 446 g/mol. The number of aliphatic hydroxyl groups excluding tert-OH is 1. The number of aliphatic hydroxyl groups is 1. The molecule has 1 aliphatic heterocycles. The molecule has 1 aliphatic rings. The molecule has 174 valence electrons. The number of benzene rings is 2. The van der Waals surface area contributed by atoms with Gasteiger partial charge in [-0.15, -0.1) is 0 Å². The zero-order valence-corrected chi connectivity index (χ0v) is 18.6. The molecule has 1 fully saturated rings. The van der Waals surface area contributed by atoms with Crippen molar-refractivity contribution in [2.75, 3.05) is 23.3 Å². The molecule has 1 amide bonds. The number of β-amino-alcohol motifs (C(OH)–C–C–N with tert-alkyl or cyclic N) is 1. The molecule has 9 nitrogen and oxygen atoms in total. The molecule has 0 bridgehead atoms. The second-order valence-electron chi connectivity index (χ2n) is 8.38. The van der Waals surface area contributed by atoms with Crippen LogP contribution < -0.4 is 10.2 Å². The number of rotatable bonds is 5. The molecule has 5 aromatic rings. The first-order chi connectivity index (χ1) is 17.1. The van der Waals surface area contributed by atoms with Crippen molar-refractivity contribution in [1.29, 1.82) is 0 Å². The van der Waals surface area contributed by atoms with Gasteiger partial charge in [0, 0.05) is 36.1 Å². The van der Waals surface area contributed by atoms with Crippen molar-refractivity contribution in [2.24, 2.45) is 0 Å². The molecule has 1 atom stereocenters. The molecule has 1 unspecified atom stereocenters. The summed E-state index contributed by atoms with van der Waals surface area (Å²) in [4.78, 5) is 23.1. The first-order valence-corrected chi connectivity index (χ1v) is 11.3. The second kappa shape index (κ2) is 8.69. The Morgan fingerprint density at radius 1 is 1.09 bits per heavy atom. The Labute approximate surface area is 200 Å². The van der Waals surface area contributed by atoms with Crippen LogP contribution in [-0.2, 0) is 0 Å². The summed E-state index contributed by atoms with van der Waals surface area (Å²) in [7, 11) is 0. The van der Waals surface area contributed by atoms with Crippen molar-refractivity contribution < 1.29 is 18.8 Å². The van der Waals surface area contributed by atoms with E-state index in [1.807, 2.05) is 42.5 Å². The first-order valence-electron chi connectivity index (χ1n) is 11.3. The molecule has 6 rings (SSSR count). The van der Waals surface area contributed by atoms with Crippen LogP contribution in [0, 0.1) is 0 Å². The lowest BCUT2D eigenvalue weighted by Crippen LogP contribution is -2.20. The van der Waals surface area contributed by atoms with Crippen LogP contribution in [0.1, 0.15) is 17.0 Å². The van der Waals surface area contributed by atoms with Gasteiger partial charge in [-0.1, -0.05) is 11.2 Å². The SMILES string of the molecule is O=C(Nc1nccc(-c2ccc3noc(-c4ccc(N5CCC(O)C5)cc4)c3c2)n1)c1ccco1. The fourth-order valence-electron chi connectivity index (χ4n) is 4.26. The lowest BCUT2D eigenvalue weighted by atomic mass is 10.0. The van der Waals surface area contributed by atoms with Crippen LogP contribution in [0.2, 0.25) is 0 Å². The number of nitrogens with zero attached hydrogens (tertiary/aromatic N) is 4. The molecule has 3 aromatic heterocycles. The summed E-state index contributed by atoms with van der Waals surface area (Å²) in [5.74, 6) is 0.602. The largest absolute Gasteiger partial charge is 0.459 e. The van der Waals surface area contributed by atoms with Crippen LogP contribution in [0.4, 0.5) is 11.6 Å². The Morgan fingerprint density at radius 3 is 2.71 bits per heavy atom. The van der Waals surface area contributed by atoms with Crippen LogP contribution in [0.25, 0.3) is 33.5 Å². The van der Waals surface area contributed by atoms with Crippen LogP contribution in [-0.4, -0.2) is 45.3 Å². The number of carbonyl (C=O) groups is 1. The molecular formula is C26H21N5O4. The topological polar surface area (TPSA) is 118 Å². The maximum absolute atomic E-state index is 12.3. The minimum atomic E-state index is -0.421. The van der Waals surface area contributed by atoms with Crippen molar-refractivity contribution in [1.82, 2.24) is 15.1 Å². The Balaban J connectivity index is 1.28. The number of nitrogens with one attached hydrogen (secondary N) is 1. The van der Waals surface area contributed by atoms with Gasteiger partial charge in [0.25, 0.3) is 5.91 Å². The molecule has 1 saturated heterocycles. The fraction of sp³-hybridized carbons (Fsp3) is 0.154. The molecule has 0 radical (unpaired) electrons. The van der Waals surface area contributed by atoms with Gasteiger partial charge in [0.05, 0.1) is 23.4 Å². The van der Waals surface area contributed by atoms with Gasteiger partial charge in [0.1, 0.15) is 5.52 Å². The lowest BCUT2D eigenvalue weighted by molar-refractivity contribution is 0.0996. The Bertz CT molecular complexity index is 1490. The highest BCUT2D eigenvalue weighted by Gasteiger charge is 2.21. The smallest absolute Gasteiger partial charge is 0.293 e. The Kier molecular flexibility index (Phi) is 5.23. The highest BCUT2D eigenvalue weighted by molar-refractivity contribution is 6.01. The summed E-state index contributed by atoms with van der Waals surface area (Å²) in [6.45, 7) is 1.49. The van der Waals surface area contributed by atoms with E-state index < -0.39 is 5.91 Å². The summed E-state index contributed by atoms with van der Waals surface area (Å²) in [6, 6.07) is 18.8. The summed E-state index contributed by atoms with van der Waals surface area (Å²) < 4.78 is 10.8. The van der Waals surface area contributed by atoms with E-state index in [1.165, 1.54) is 6.26 Å². The van der Waals surface area contributed by atoms with Crippen molar-refractivity contribution in [3.05, 3.63) is 78.9 Å². The quantitative estimate of drug-likeness (QED) is 0.391. The van der Waals surface area contributed by atoms with Crippen LogP contribution in [0.3, 0.4) is 0 Å². The standard InChI is InChI=1S/C26H21N5O4/c32-19-10-12-31(15-19)18-6-3-16(4-7-18)24-20-14-17(5-8-22(20)30-35-24)21-9-11-27-26(28-21)29-25(33)23-2-1-13-34-23/h1-9,11,13-14,19,32H,10,12,15H2,(H,27,28,29,33). The Hall–Kier alpha value is -4.50. The van der Waals surface area contributed by atoms with E-state index in [2.05, 4.69) is 25.3 Å². The highest BCUT2D eigenvalue weighted by atomic mass is 16.5. The number of hydrogen-bond acceptors (Lipinski definition) is 8.